The van der Waals surface area contributed by atoms with Gasteiger partial charge in [0.15, 0.2) is 5.82 Å². The Morgan fingerprint density at radius 2 is 2.19 bits per heavy atom. The third kappa shape index (κ3) is 2.52. The van der Waals surface area contributed by atoms with E-state index in [2.05, 4.69) is 10.1 Å². The van der Waals surface area contributed by atoms with Gasteiger partial charge in [-0.1, -0.05) is 19.0 Å². The maximum atomic E-state index is 11.0. The maximum absolute atomic E-state index is 11.0. The molecule has 108 valence electrons. The minimum Gasteiger partial charge on any atom is -0.478 e. The van der Waals surface area contributed by atoms with Crippen molar-refractivity contribution in [2.24, 2.45) is 0 Å². The van der Waals surface area contributed by atoms with Crippen molar-refractivity contribution >= 4 is 16.9 Å². The highest BCUT2D eigenvalue weighted by molar-refractivity contribution is 5.93. The quantitative estimate of drug-likeness (QED) is 0.797. The first-order valence-electron chi connectivity index (χ1n) is 6.69. The van der Waals surface area contributed by atoms with Gasteiger partial charge in [0, 0.05) is 23.0 Å². The molecule has 2 heterocycles. The van der Waals surface area contributed by atoms with Gasteiger partial charge in [0.2, 0.25) is 5.89 Å². The summed E-state index contributed by atoms with van der Waals surface area (Å²) >= 11 is 0. The highest BCUT2D eigenvalue weighted by Crippen LogP contribution is 2.19. The highest BCUT2D eigenvalue weighted by atomic mass is 16.5. The fraction of sp³-hybridized carbons (Fsp3) is 0.267. The van der Waals surface area contributed by atoms with Crippen molar-refractivity contribution < 1.29 is 14.4 Å². The molecule has 0 saturated heterocycles. The molecule has 6 heteroatoms. The second-order valence-corrected chi connectivity index (χ2v) is 5.22. The van der Waals surface area contributed by atoms with Crippen molar-refractivity contribution in [3.05, 3.63) is 47.7 Å². The molecule has 2 aromatic heterocycles. The lowest BCUT2D eigenvalue weighted by molar-refractivity contribution is 0.0697. The number of hydrogen-bond acceptors (Lipinski definition) is 4. The van der Waals surface area contributed by atoms with Gasteiger partial charge in [-0.25, -0.2) is 4.79 Å². The van der Waals surface area contributed by atoms with Crippen molar-refractivity contribution in [3.63, 3.8) is 0 Å². The van der Waals surface area contributed by atoms with E-state index in [0.29, 0.717) is 18.3 Å². The van der Waals surface area contributed by atoms with E-state index in [-0.39, 0.29) is 11.5 Å². The lowest BCUT2D eigenvalue weighted by atomic mass is 10.1. The molecule has 6 nitrogen and oxygen atoms in total. The van der Waals surface area contributed by atoms with E-state index in [1.165, 1.54) is 0 Å². The van der Waals surface area contributed by atoms with Crippen LogP contribution in [0.15, 0.2) is 35.0 Å². The van der Waals surface area contributed by atoms with E-state index in [1.807, 2.05) is 30.7 Å². The first-order valence-corrected chi connectivity index (χ1v) is 6.69. The largest absolute Gasteiger partial charge is 0.478 e. The molecule has 0 spiro atoms. The summed E-state index contributed by atoms with van der Waals surface area (Å²) < 4.78 is 7.19. The number of aromatic carboxylic acids is 1. The number of aromatic nitrogens is 3. The van der Waals surface area contributed by atoms with Crippen LogP contribution in [0.5, 0.6) is 0 Å². The summed E-state index contributed by atoms with van der Waals surface area (Å²) in [7, 11) is 0. The molecule has 0 aliphatic carbocycles. The molecule has 0 unspecified atom stereocenters. The van der Waals surface area contributed by atoms with Gasteiger partial charge in [0.05, 0.1) is 5.56 Å². The first kappa shape index (κ1) is 13.4. The Hall–Kier alpha value is -2.63. The van der Waals surface area contributed by atoms with Crippen LogP contribution < -0.4 is 0 Å². The number of benzene rings is 1. The lowest BCUT2D eigenvalue weighted by Gasteiger charge is -2.02. The van der Waals surface area contributed by atoms with Crippen molar-refractivity contribution in [3.8, 4) is 0 Å². The van der Waals surface area contributed by atoms with Gasteiger partial charge in [-0.3, -0.25) is 0 Å². The van der Waals surface area contributed by atoms with Gasteiger partial charge in [0.25, 0.3) is 0 Å². The van der Waals surface area contributed by atoms with Crippen LogP contribution in [0, 0.1) is 0 Å². The molecule has 0 radical (unpaired) electrons. The van der Waals surface area contributed by atoms with Crippen LogP contribution in [-0.4, -0.2) is 25.8 Å². The predicted octanol–water partition coefficient (Wildman–Crippen LogP) is 2.89. The molecule has 21 heavy (non-hydrogen) atoms. The summed E-state index contributed by atoms with van der Waals surface area (Å²) in [5.74, 6) is 0.526. The fourth-order valence-corrected chi connectivity index (χ4v) is 2.18. The standard InChI is InChI=1S/C15H15N3O3/c1-9(2)14-16-13(21-17-14)8-18-6-5-10-7-11(15(19)20)3-4-12(10)18/h3-7,9H,8H2,1-2H3,(H,19,20). The molecular weight excluding hydrogens is 270 g/mol. The van der Waals surface area contributed by atoms with Crippen LogP contribution in [-0.2, 0) is 6.54 Å². The summed E-state index contributed by atoms with van der Waals surface area (Å²) in [6.45, 7) is 4.48. The average Bonchev–Trinajstić information content (AvgIpc) is 3.06. The minimum absolute atomic E-state index is 0.224. The number of fused-ring (bicyclic) bond motifs is 1. The molecule has 3 aromatic rings. The van der Waals surface area contributed by atoms with E-state index >= 15 is 0 Å². The minimum atomic E-state index is -0.928. The van der Waals surface area contributed by atoms with Crippen LogP contribution in [0.3, 0.4) is 0 Å². The van der Waals surface area contributed by atoms with Gasteiger partial charge in [-0.2, -0.15) is 4.98 Å². The maximum Gasteiger partial charge on any atom is 0.335 e. The van der Waals surface area contributed by atoms with Crippen LogP contribution in [0.4, 0.5) is 0 Å². The zero-order valence-corrected chi connectivity index (χ0v) is 11.8. The molecule has 0 aliphatic heterocycles. The second-order valence-electron chi connectivity index (χ2n) is 5.22. The molecule has 0 fully saturated rings. The molecule has 1 N–H and O–H groups in total. The topological polar surface area (TPSA) is 81.2 Å². The molecule has 0 bridgehead atoms. The molecule has 0 atom stereocenters. The molecule has 1 aromatic carbocycles. The average molecular weight is 285 g/mol. The first-order chi connectivity index (χ1) is 10.0. The number of carbonyl (C=O) groups is 1. The van der Waals surface area contributed by atoms with E-state index in [0.717, 1.165) is 10.9 Å². The van der Waals surface area contributed by atoms with Crippen LogP contribution in [0.1, 0.15) is 41.8 Å². The van der Waals surface area contributed by atoms with Crippen molar-refractivity contribution in [1.29, 1.82) is 0 Å². The van der Waals surface area contributed by atoms with Crippen molar-refractivity contribution in [2.75, 3.05) is 0 Å². The molecule has 0 amide bonds. The van der Waals surface area contributed by atoms with Gasteiger partial charge >= 0.3 is 5.97 Å². The van der Waals surface area contributed by atoms with Crippen LogP contribution >= 0.6 is 0 Å². The lowest BCUT2D eigenvalue weighted by Crippen LogP contribution is -2.00. The normalized spacial score (nSPS) is 11.4. The number of carboxylic acids is 1. The monoisotopic (exact) mass is 285 g/mol. The highest BCUT2D eigenvalue weighted by Gasteiger charge is 2.12. The predicted molar refractivity (Wildman–Crippen MR) is 76.4 cm³/mol. The van der Waals surface area contributed by atoms with Crippen LogP contribution in [0.25, 0.3) is 10.9 Å². The summed E-state index contributed by atoms with van der Waals surface area (Å²) in [4.78, 5) is 15.3. The molecule has 3 rings (SSSR count). The number of hydrogen-bond donors (Lipinski definition) is 1. The Morgan fingerprint density at radius 1 is 1.38 bits per heavy atom. The third-order valence-corrected chi connectivity index (χ3v) is 3.32. The fourth-order valence-electron chi connectivity index (χ4n) is 2.18. The second kappa shape index (κ2) is 5.05. The Labute approximate surface area is 121 Å². The number of nitrogens with zero attached hydrogens (tertiary/aromatic N) is 3. The zero-order chi connectivity index (χ0) is 15.0. The summed E-state index contributed by atoms with van der Waals surface area (Å²) in [6, 6.07) is 6.91. The van der Waals surface area contributed by atoms with Gasteiger partial charge in [0.1, 0.15) is 6.54 Å². The van der Waals surface area contributed by atoms with E-state index in [4.69, 9.17) is 9.63 Å². The SMILES string of the molecule is CC(C)c1noc(Cn2ccc3cc(C(=O)O)ccc32)n1. The Morgan fingerprint density at radius 3 is 2.86 bits per heavy atom. The number of rotatable bonds is 4. The Kier molecular flexibility index (Phi) is 3.21. The van der Waals surface area contributed by atoms with Crippen LogP contribution in [0.2, 0.25) is 0 Å². The third-order valence-electron chi connectivity index (χ3n) is 3.32. The van der Waals surface area contributed by atoms with Gasteiger partial charge in [-0.15, -0.1) is 0 Å². The summed E-state index contributed by atoms with van der Waals surface area (Å²) in [5, 5.41) is 13.8. The molecule has 0 aliphatic rings. The van der Waals surface area contributed by atoms with Gasteiger partial charge in [-0.05, 0) is 24.3 Å². The Balaban J connectivity index is 1.91. The van der Waals surface area contributed by atoms with Crippen molar-refractivity contribution in [2.45, 2.75) is 26.3 Å². The van der Waals surface area contributed by atoms with E-state index in [1.54, 1.807) is 18.2 Å². The Bertz CT molecular complexity index is 801. The number of carboxylic acid groups (broad SMARTS) is 1. The molecule has 0 saturated carbocycles. The zero-order valence-electron chi connectivity index (χ0n) is 11.8. The van der Waals surface area contributed by atoms with E-state index < -0.39 is 5.97 Å². The van der Waals surface area contributed by atoms with E-state index in [9.17, 15) is 4.79 Å². The van der Waals surface area contributed by atoms with Crippen molar-refractivity contribution in [1.82, 2.24) is 14.7 Å². The van der Waals surface area contributed by atoms with Gasteiger partial charge < -0.3 is 14.2 Å². The summed E-state index contributed by atoms with van der Waals surface area (Å²) in [5.41, 5.74) is 1.21. The summed E-state index contributed by atoms with van der Waals surface area (Å²) in [6.07, 6.45) is 1.88. The smallest absolute Gasteiger partial charge is 0.335 e. The molecular formula is C15H15N3O3.